The fourth-order valence-corrected chi connectivity index (χ4v) is 2.95. The van der Waals surface area contributed by atoms with E-state index in [0.29, 0.717) is 5.13 Å². The zero-order valence-electron chi connectivity index (χ0n) is 9.42. The Kier molecular flexibility index (Phi) is 4.12. The number of benzene rings is 1. The topological polar surface area (TPSA) is 61.6 Å². The largest absolute Gasteiger partial charge is 0.330 e. The maximum Gasteiger partial charge on any atom is 0.210 e. The normalized spacial score (nSPS) is 11.8. The second-order valence-electron chi connectivity index (χ2n) is 3.39. The molecule has 1 unspecified atom stereocenters. The van der Waals surface area contributed by atoms with Gasteiger partial charge in [-0.15, -0.1) is 10.2 Å². The highest BCUT2D eigenvalue weighted by atomic mass is 32.2. The Morgan fingerprint density at radius 2 is 2.11 bits per heavy atom. The van der Waals surface area contributed by atoms with Crippen molar-refractivity contribution in [2.75, 3.05) is 5.32 Å². The van der Waals surface area contributed by atoms with Gasteiger partial charge in [0.15, 0.2) is 4.34 Å². The van der Waals surface area contributed by atoms with Crippen molar-refractivity contribution >= 4 is 33.9 Å². The van der Waals surface area contributed by atoms with E-state index in [1.165, 1.54) is 35.2 Å². The summed E-state index contributed by atoms with van der Waals surface area (Å²) in [7, 11) is 0. The second kappa shape index (κ2) is 5.80. The van der Waals surface area contributed by atoms with Gasteiger partial charge in [0.25, 0.3) is 0 Å². The van der Waals surface area contributed by atoms with Gasteiger partial charge in [0.1, 0.15) is 5.82 Å². The number of nitrogens with one attached hydrogen (secondary N) is 1. The molecule has 0 aliphatic carbocycles. The van der Waals surface area contributed by atoms with Crippen LogP contribution >= 0.6 is 23.1 Å². The molecule has 0 amide bonds. The predicted molar refractivity (Wildman–Crippen MR) is 70.5 cm³/mol. The van der Waals surface area contributed by atoms with Gasteiger partial charge >= 0.3 is 0 Å². The van der Waals surface area contributed by atoms with Crippen LogP contribution in [-0.4, -0.2) is 15.4 Å². The van der Waals surface area contributed by atoms with E-state index in [9.17, 15) is 4.39 Å². The lowest BCUT2D eigenvalue weighted by molar-refractivity contribution is 0.628. The highest BCUT2D eigenvalue weighted by Gasteiger charge is 2.09. The van der Waals surface area contributed by atoms with Crippen LogP contribution in [0.1, 0.15) is 6.92 Å². The maximum atomic E-state index is 12.7. The summed E-state index contributed by atoms with van der Waals surface area (Å²) >= 11 is 2.72. The van der Waals surface area contributed by atoms with Crippen LogP contribution < -0.4 is 5.32 Å². The van der Waals surface area contributed by atoms with Crippen molar-refractivity contribution in [3.8, 4) is 6.07 Å². The summed E-state index contributed by atoms with van der Waals surface area (Å²) in [6.45, 7) is 1.80. The quantitative estimate of drug-likeness (QED) is 0.869. The Bertz CT molecular complexity index is 561. The third-order valence-corrected chi connectivity index (χ3v) is 3.88. The highest BCUT2D eigenvalue weighted by molar-refractivity contribution is 8.01. The monoisotopic (exact) mass is 280 g/mol. The number of nitriles is 1. The molecule has 1 heterocycles. The number of rotatable bonds is 4. The van der Waals surface area contributed by atoms with E-state index in [4.69, 9.17) is 5.26 Å². The highest BCUT2D eigenvalue weighted by Crippen LogP contribution is 2.29. The van der Waals surface area contributed by atoms with E-state index in [1.807, 2.05) is 0 Å². The number of anilines is 2. The van der Waals surface area contributed by atoms with E-state index in [1.54, 1.807) is 19.1 Å². The van der Waals surface area contributed by atoms with Gasteiger partial charge in [0, 0.05) is 5.69 Å². The van der Waals surface area contributed by atoms with E-state index < -0.39 is 0 Å². The number of hydrogen-bond acceptors (Lipinski definition) is 6. The summed E-state index contributed by atoms with van der Waals surface area (Å²) in [4.78, 5) is 0. The molecule has 1 aromatic carbocycles. The molecule has 0 radical (unpaired) electrons. The lowest BCUT2D eigenvalue weighted by atomic mass is 10.3. The van der Waals surface area contributed by atoms with E-state index >= 15 is 0 Å². The molecule has 0 aliphatic rings. The van der Waals surface area contributed by atoms with Crippen LogP contribution in [0.25, 0.3) is 0 Å². The van der Waals surface area contributed by atoms with Crippen LogP contribution in [0.5, 0.6) is 0 Å². The van der Waals surface area contributed by atoms with Gasteiger partial charge in [-0.1, -0.05) is 23.1 Å². The minimum atomic E-state index is -0.281. The number of halogens is 1. The predicted octanol–water partition coefficient (Wildman–Crippen LogP) is 3.42. The van der Waals surface area contributed by atoms with Crippen LogP contribution in [0.2, 0.25) is 0 Å². The minimum absolute atomic E-state index is 0.156. The van der Waals surface area contributed by atoms with Crippen molar-refractivity contribution in [3.63, 3.8) is 0 Å². The third-order valence-electron chi connectivity index (χ3n) is 1.96. The number of hydrogen-bond donors (Lipinski definition) is 1. The van der Waals surface area contributed by atoms with Crippen LogP contribution in [0.15, 0.2) is 28.6 Å². The molecule has 18 heavy (non-hydrogen) atoms. The van der Waals surface area contributed by atoms with Crippen LogP contribution in [-0.2, 0) is 0 Å². The number of aromatic nitrogens is 2. The number of nitrogens with zero attached hydrogens (tertiary/aromatic N) is 3. The van der Waals surface area contributed by atoms with E-state index in [2.05, 4.69) is 21.6 Å². The molecule has 1 atom stereocenters. The first kappa shape index (κ1) is 12.8. The molecule has 0 saturated heterocycles. The Balaban J connectivity index is 2.02. The summed E-state index contributed by atoms with van der Waals surface area (Å²) in [5, 5.41) is 20.1. The van der Waals surface area contributed by atoms with Crippen LogP contribution in [0.4, 0.5) is 15.2 Å². The zero-order chi connectivity index (χ0) is 13.0. The maximum absolute atomic E-state index is 12.7. The lowest BCUT2D eigenvalue weighted by Crippen LogP contribution is -1.89. The van der Waals surface area contributed by atoms with Crippen molar-refractivity contribution in [3.05, 3.63) is 30.1 Å². The molecule has 0 fully saturated rings. The van der Waals surface area contributed by atoms with Gasteiger partial charge in [0.2, 0.25) is 5.13 Å². The smallest absolute Gasteiger partial charge is 0.210 e. The first-order valence-corrected chi connectivity index (χ1v) is 6.79. The Morgan fingerprint density at radius 3 is 2.78 bits per heavy atom. The lowest BCUT2D eigenvalue weighted by Gasteiger charge is -2.00. The first-order valence-electron chi connectivity index (χ1n) is 5.10. The first-order chi connectivity index (χ1) is 8.67. The standard InChI is InChI=1S/C11H9FN4S2/c1-7(6-13)17-11-16-15-10(18-11)14-9-4-2-8(12)3-5-9/h2-5,7H,1H3,(H,14,15). The summed E-state index contributed by atoms with van der Waals surface area (Å²) in [5.41, 5.74) is 0.748. The molecule has 2 aromatic rings. The number of thioether (sulfide) groups is 1. The molecule has 0 saturated carbocycles. The Morgan fingerprint density at radius 1 is 1.39 bits per heavy atom. The van der Waals surface area contributed by atoms with Crippen molar-refractivity contribution in [2.24, 2.45) is 0 Å². The van der Waals surface area contributed by atoms with Gasteiger partial charge in [-0.3, -0.25) is 0 Å². The van der Waals surface area contributed by atoms with Crippen LogP contribution in [0, 0.1) is 17.1 Å². The summed E-state index contributed by atoms with van der Waals surface area (Å²) in [6, 6.07) is 8.11. The zero-order valence-corrected chi connectivity index (χ0v) is 11.1. The van der Waals surface area contributed by atoms with Crippen LogP contribution in [0.3, 0.4) is 0 Å². The summed E-state index contributed by atoms with van der Waals surface area (Å²) in [5.74, 6) is -0.281. The molecular formula is C11H9FN4S2. The molecule has 7 heteroatoms. The molecule has 1 N–H and O–H groups in total. The van der Waals surface area contributed by atoms with E-state index in [0.717, 1.165) is 10.0 Å². The fourth-order valence-electron chi connectivity index (χ4n) is 1.14. The average Bonchev–Trinajstić information content (AvgIpc) is 2.79. The summed E-state index contributed by atoms with van der Waals surface area (Å²) < 4.78 is 13.5. The Labute approximate surface area is 112 Å². The van der Waals surface area contributed by atoms with Gasteiger partial charge in [-0.25, -0.2) is 4.39 Å². The average molecular weight is 280 g/mol. The second-order valence-corrected chi connectivity index (χ2v) is 5.96. The SMILES string of the molecule is CC(C#N)Sc1nnc(Nc2ccc(F)cc2)s1. The van der Waals surface area contributed by atoms with Gasteiger partial charge in [0.05, 0.1) is 11.3 Å². The molecule has 92 valence electrons. The van der Waals surface area contributed by atoms with Crippen molar-refractivity contribution in [2.45, 2.75) is 16.5 Å². The van der Waals surface area contributed by atoms with E-state index in [-0.39, 0.29) is 11.1 Å². The molecule has 1 aromatic heterocycles. The molecule has 2 rings (SSSR count). The minimum Gasteiger partial charge on any atom is -0.330 e. The van der Waals surface area contributed by atoms with Crippen molar-refractivity contribution in [1.82, 2.24) is 10.2 Å². The molecular weight excluding hydrogens is 271 g/mol. The molecule has 0 spiro atoms. The fraction of sp³-hybridized carbons (Fsp3) is 0.182. The molecule has 4 nitrogen and oxygen atoms in total. The molecule has 0 aliphatic heterocycles. The Hall–Kier alpha value is -1.65. The third kappa shape index (κ3) is 3.42. The molecule has 0 bridgehead atoms. The van der Waals surface area contributed by atoms with Gasteiger partial charge < -0.3 is 5.32 Å². The van der Waals surface area contributed by atoms with Crippen molar-refractivity contribution < 1.29 is 4.39 Å². The van der Waals surface area contributed by atoms with Crippen molar-refractivity contribution in [1.29, 1.82) is 5.26 Å². The summed E-state index contributed by atoms with van der Waals surface area (Å²) in [6.07, 6.45) is 0. The van der Waals surface area contributed by atoms with Gasteiger partial charge in [-0.2, -0.15) is 5.26 Å². The van der Waals surface area contributed by atoms with Gasteiger partial charge in [-0.05, 0) is 31.2 Å².